The lowest BCUT2D eigenvalue weighted by Gasteiger charge is -2.42. The van der Waals surface area contributed by atoms with Gasteiger partial charge in [-0.1, -0.05) is 29.8 Å². The quantitative estimate of drug-likeness (QED) is 0.186. The predicted octanol–water partition coefficient (Wildman–Crippen LogP) is 2.95. The van der Waals surface area contributed by atoms with Gasteiger partial charge in [-0.15, -0.1) is 0 Å². The summed E-state index contributed by atoms with van der Waals surface area (Å²) in [7, 11) is -2.89. The number of phenols is 1. The van der Waals surface area contributed by atoms with Crippen LogP contribution in [0.1, 0.15) is 37.4 Å². The van der Waals surface area contributed by atoms with E-state index in [4.69, 9.17) is 4.65 Å². The van der Waals surface area contributed by atoms with E-state index in [0.717, 1.165) is 21.6 Å². The molecule has 0 unspecified atom stereocenters. The van der Waals surface area contributed by atoms with E-state index in [0.29, 0.717) is 30.5 Å². The molecule has 0 radical (unpaired) electrons. The number of aromatic nitrogens is 1. The Morgan fingerprint density at radius 1 is 1.11 bits per heavy atom. The number of benzene rings is 2. The number of imide groups is 1. The Morgan fingerprint density at radius 2 is 1.93 bits per heavy atom. The van der Waals surface area contributed by atoms with Crippen LogP contribution in [0.3, 0.4) is 0 Å². The number of halogens is 1. The number of aromatic hydroxyl groups is 1. The Labute approximate surface area is 254 Å². The number of pyridine rings is 1. The number of nitrogens with zero attached hydrogens (tertiary/aromatic N) is 2. The number of fused-ring (bicyclic) bond motifs is 3. The maximum atomic E-state index is 14.1. The van der Waals surface area contributed by atoms with Crippen LogP contribution >= 0.6 is 0 Å². The van der Waals surface area contributed by atoms with E-state index in [1.165, 1.54) is 24.3 Å². The second-order valence-electron chi connectivity index (χ2n) is 11.6. The third kappa shape index (κ3) is 5.61. The van der Waals surface area contributed by atoms with Gasteiger partial charge in [-0.3, -0.25) is 19.5 Å². The number of hydrogen-bond donors (Lipinski definition) is 4. The molecule has 0 saturated carbocycles. The van der Waals surface area contributed by atoms with E-state index in [1.807, 2.05) is 19.1 Å². The number of hydrogen-bond acceptors (Lipinski definition) is 8. The predicted molar refractivity (Wildman–Crippen MR) is 164 cm³/mol. The van der Waals surface area contributed by atoms with Gasteiger partial charge in [0.15, 0.2) is 11.6 Å². The normalized spacial score (nSPS) is 23.6. The van der Waals surface area contributed by atoms with Crippen LogP contribution in [0.25, 0.3) is 11.6 Å². The first-order chi connectivity index (χ1) is 21.1. The zero-order valence-corrected chi connectivity index (χ0v) is 24.0. The monoisotopic (exact) mass is 596 g/mol. The molecular formula is C32H31B2FN2O7. The van der Waals surface area contributed by atoms with E-state index in [2.05, 4.69) is 4.98 Å². The van der Waals surface area contributed by atoms with Crippen LogP contribution in [0.4, 0.5) is 10.1 Å². The highest BCUT2D eigenvalue weighted by Crippen LogP contribution is 2.51. The van der Waals surface area contributed by atoms with Crippen LogP contribution in [-0.2, 0) is 14.2 Å². The SMILES string of the molecule is CC1=C2[C@@H](CC/C(=C/c3ccc(O)c(F)c3)c3ccccn3)OB(O)C[C@@H]2[C@@H]2C(=O)N(c3cccc(B(O)O)c3)C(=O)[C@@H]2C1. The van der Waals surface area contributed by atoms with Crippen LogP contribution in [0.15, 0.2) is 78.0 Å². The topological polar surface area (TPSA) is 140 Å². The summed E-state index contributed by atoms with van der Waals surface area (Å²) in [6, 6.07) is 15.7. The fourth-order valence-electron chi connectivity index (χ4n) is 6.93. The molecule has 2 aromatic carbocycles. The molecule has 3 heterocycles. The molecular weight excluding hydrogens is 565 g/mol. The van der Waals surface area contributed by atoms with Gasteiger partial charge in [0.2, 0.25) is 11.8 Å². The van der Waals surface area contributed by atoms with Crippen molar-refractivity contribution in [3.05, 3.63) is 95.1 Å². The second kappa shape index (κ2) is 12.1. The minimum atomic E-state index is -1.75. The molecule has 1 aliphatic carbocycles. The Bertz CT molecular complexity index is 1670. The van der Waals surface area contributed by atoms with Gasteiger partial charge in [-0.2, -0.15) is 0 Å². The average molecular weight is 596 g/mol. The van der Waals surface area contributed by atoms with Crippen LogP contribution in [0.2, 0.25) is 6.32 Å². The van der Waals surface area contributed by atoms with Crippen molar-refractivity contribution in [3.63, 3.8) is 0 Å². The summed E-state index contributed by atoms with van der Waals surface area (Å²) in [6.45, 7) is 1.94. The molecule has 12 heteroatoms. The highest BCUT2D eigenvalue weighted by molar-refractivity contribution is 6.58. The molecule has 6 rings (SSSR count). The van der Waals surface area contributed by atoms with Gasteiger partial charge in [0.1, 0.15) is 0 Å². The Balaban J connectivity index is 1.29. The largest absolute Gasteiger partial charge is 0.505 e. The maximum absolute atomic E-state index is 14.1. The third-order valence-electron chi connectivity index (χ3n) is 8.86. The van der Waals surface area contributed by atoms with Crippen molar-refractivity contribution in [3.8, 4) is 5.75 Å². The van der Waals surface area contributed by atoms with E-state index >= 15 is 0 Å². The average Bonchev–Trinajstić information content (AvgIpc) is 3.26. The standard InChI is InChI=1S/C32H31B2FN2O7/c1-18-13-23-30(32(40)37(31(23)39)22-6-4-5-21(16-22)34(42)43)24-17-33(41)44-28(29(18)24)11-9-20(26-7-2-3-12-36-26)14-19-8-10-27(38)25(35)15-19/h2-8,10,12,14-16,23-24,28,30,38,41-43H,9,11,13,17H2,1H3/b20-14-/t23-,24+,28-,30-/m1/s1. The lowest BCUT2D eigenvalue weighted by molar-refractivity contribution is -0.122. The minimum Gasteiger partial charge on any atom is -0.505 e. The first-order valence-electron chi connectivity index (χ1n) is 14.6. The smallest absolute Gasteiger partial charge is 0.488 e. The van der Waals surface area contributed by atoms with Crippen LogP contribution < -0.4 is 10.4 Å². The molecule has 44 heavy (non-hydrogen) atoms. The summed E-state index contributed by atoms with van der Waals surface area (Å²) in [5.74, 6) is -3.59. The zero-order chi connectivity index (χ0) is 31.1. The summed E-state index contributed by atoms with van der Waals surface area (Å²) in [5, 5.41) is 39.7. The number of carbonyl (C=O) groups is 2. The Hall–Kier alpha value is -4.09. The van der Waals surface area contributed by atoms with Crippen molar-refractivity contribution >= 4 is 48.9 Å². The molecule has 4 atom stereocenters. The molecule has 4 N–H and O–H groups in total. The second-order valence-corrected chi connectivity index (χ2v) is 11.6. The molecule has 0 bridgehead atoms. The van der Waals surface area contributed by atoms with Crippen molar-refractivity contribution in [2.75, 3.05) is 4.90 Å². The van der Waals surface area contributed by atoms with Gasteiger partial charge in [0.05, 0.1) is 29.3 Å². The third-order valence-corrected chi connectivity index (χ3v) is 8.86. The molecule has 3 aromatic rings. The maximum Gasteiger partial charge on any atom is 0.488 e. The summed E-state index contributed by atoms with van der Waals surface area (Å²) < 4.78 is 20.2. The number of allylic oxidation sites excluding steroid dienone is 2. The van der Waals surface area contributed by atoms with E-state index in [1.54, 1.807) is 36.5 Å². The summed E-state index contributed by atoms with van der Waals surface area (Å²) in [4.78, 5) is 33.1. The van der Waals surface area contributed by atoms with Crippen molar-refractivity contribution in [1.29, 1.82) is 0 Å². The van der Waals surface area contributed by atoms with Gasteiger partial charge in [0, 0.05) is 6.20 Å². The van der Waals surface area contributed by atoms with Gasteiger partial charge < -0.3 is 24.8 Å². The Kier molecular flexibility index (Phi) is 8.26. The van der Waals surface area contributed by atoms with Gasteiger partial charge in [-0.05, 0) is 103 Å². The molecule has 224 valence electrons. The van der Waals surface area contributed by atoms with E-state index in [9.17, 15) is 34.2 Å². The minimum absolute atomic E-state index is 0.168. The van der Waals surface area contributed by atoms with Crippen LogP contribution in [0, 0.1) is 23.6 Å². The number of rotatable bonds is 7. The van der Waals surface area contributed by atoms with Gasteiger partial charge in [-0.25, -0.2) is 4.39 Å². The van der Waals surface area contributed by atoms with Crippen molar-refractivity contribution in [2.45, 2.75) is 38.6 Å². The number of carbonyl (C=O) groups excluding carboxylic acids is 2. The molecule has 2 amide bonds. The molecule has 1 aromatic heterocycles. The Morgan fingerprint density at radius 3 is 2.66 bits per heavy atom. The number of amides is 2. The van der Waals surface area contributed by atoms with Crippen LogP contribution in [-0.4, -0.2) is 57.3 Å². The summed E-state index contributed by atoms with van der Waals surface area (Å²) in [5.41, 5.74) is 4.33. The van der Waals surface area contributed by atoms with E-state index < -0.39 is 49.7 Å². The van der Waals surface area contributed by atoms with Crippen LogP contribution in [0.5, 0.6) is 5.75 Å². The fourth-order valence-corrected chi connectivity index (χ4v) is 6.93. The first-order valence-corrected chi connectivity index (χ1v) is 14.6. The van der Waals surface area contributed by atoms with Crippen molar-refractivity contribution in [2.24, 2.45) is 17.8 Å². The van der Waals surface area contributed by atoms with E-state index in [-0.39, 0.29) is 29.3 Å². The number of phenolic OH excluding ortho intramolecular Hbond substituents is 1. The molecule has 9 nitrogen and oxygen atoms in total. The van der Waals surface area contributed by atoms with Crippen molar-refractivity contribution in [1.82, 2.24) is 4.98 Å². The molecule has 2 saturated heterocycles. The zero-order valence-electron chi connectivity index (χ0n) is 24.0. The molecule has 3 aliphatic rings. The summed E-state index contributed by atoms with van der Waals surface area (Å²) in [6.07, 6.45) is 4.35. The lowest BCUT2D eigenvalue weighted by Crippen LogP contribution is -2.46. The molecule has 2 fully saturated rings. The molecule has 2 aliphatic heterocycles. The highest BCUT2D eigenvalue weighted by Gasteiger charge is 2.57. The number of anilines is 1. The summed E-state index contributed by atoms with van der Waals surface area (Å²) >= 11 is 0. The highest BCUT2D eigenvalue weighted by atomic mass is 19.1. The van der Waals surface area contributed by atoms with Gasteiger partial charge in [0.25, 0.3) is 0 Å². The van der Waals surface area contributed by atoms with Gasteiger partial charge >= 0.3 is 14.2 Å². The first kappa shape index (κ1) is 30.0. The van der Waals surface area contributed by atoms with Crippen molar-refractivity contribution < 1.29 is 38.8 Å². The molecule has 0 spiro atoms. The fraction of sp³-hybridized carbons (Fsp3) is 0.281. The lowest BCUT2D eigenvalue weighted by atomic mass is 9.58.